The lowest BCUT2D eigenvalue weighted by molar-refractivity contribution is -0.122. The molecule has 0 spiro atoms. The summed E-state index contributed by atoms with van der Waals surface area (Å²) in [6.07, 6.45) is 0.819. The van der Waals surface area contributed by atoms with Crippen molar-refractivity contribution in [2.24, 2.45) is 5.92 Å². The maximum Gasteiger partial charge on any atom is 0.220 e. The number of carbonyl (C=O) groups is 1. The summed E-state index contributed by atoms with van der Waals surface area (Å²) in [6.45, 7) is 6.26. The highest BCUT2D eigenvalue weighted by Gasteiger charge is 2.06. The Labute approximate surface area is 74.2 Å². The molecular weight excluding hydrogens is 154 g/mol. The summed E-state index contributed by atoms with van der Waals surface area (Å²) in [5.41, 5.74) is 0. The van der Waals surface area contributed by atoms with Gasteiger partial charge < -0.3 is 10.4 Å². The lowest BCUT2D eigenvalue weighted by Gasteiger charge is -2.10. The van der Waals surface area contributed by atoms with Gasteiger partial charge in [-0.1, -0.05) is 20.8 Å². The van der Waals surface area contributed by atoms with Gasteiger partial charge in [-0.15, -0.1) is 0 Å². The van der Waals surface area contributed by atoms with Gasteiger partial charge >= 0.3 is 0 Å². The monoisotopic (exact) mass is 173 g/mol. The van der Waals surface area contributed by atoms with E-state index in [2.05, 4.69) is 5.32 Å². The summed E-state index contributed by atoms with van der Waals surface area (Å²) in [6, 6.07) is 0. The molecule has 72 valence electrons. The van der Waals surface area contributed by atoms with Gasteiger partial charge in [0.05, 0.1) is 6.10 Å². The minimum Gasteiger partial charge on any atom is -0.391 e. The van der Waals surface area contributed by atoms with Gasteiger partial charge in [0.2, 0.25) is 5.91 Å². The number of nitrogens with one attached hydrogen (secondary N) is 1. The highest BCUT2D eigenvalue weighted by atomic mass is 16.3. The summed E-state index contributed by atoms with van der Waals surface area (Å²) >= 11 is 0. The molecule has 0 saturated carbocycles. The van der Waals surface area contributed by atoms with Gasteiger partial charge in [-0.3, -0.25) is 4.79 Å². The van der Waals surface area contributed by atoms with E-state index in [1.54, 1.807) is 0 Å². The van der Waals surface area contributed by atoms with Crippen LogP contribution in [0.15, 0.2) is 0 Å². The molecule has 2 N–H and O–H groups in total. The first kappa shape index (κ1) is 11.4. The predicted molar refractivity (Wildman–Crippen MR) is 48.8 cm³/mol. The number of aliphatic hydroxyl groups excluding tert-OH is 1. The average molecular weight is 173 g/mol. The zero-order chi connectivity index (χ0) is 9.56. The Balaban J connectivity index is 3.44. The van der Waals surface area contributed by atoms with Crippen LogP contribution in [0.25, 0.3) is 0 Å². The minimum atomic E-state index is -0.402. The largest absolute Gasteiger partial charge is 0.391 e. The average Bonchev–Trinajstić information content (AvgIpc) is 1.99. The topological polar surface area (TPSA) is 49.3 Å². The van der Waals surface area contributed by atoms with Crippen LogP contribution in [0, 0.1) is 5.92 Å². The number of rotatable bonds is 5. The van der Waals surface area contributed by atoms with E-state index in [9.17, 15) is 4.79 Å². The Morgan fingerprint density at radius 2 is 2.08 bits per heavy atom. The van der Waals surface area contributed by atoms with Crippen LogP contribution in [-0.4, -0.2) is 23.7 Å². The van der Waals surface area contributed by atoms with Crippen LogP contribution >= 0.6 is 0 Å². The van der Waals surface area contributed by atoms with E-state index in [4.69, 9.17) is 5.11 Å². The van der Waals surface area contributed by atoms with Crippen molar-refractivity contribution in [1.82, 2.24) is 5.32 Å². The van der Waals surface area contributed by atoms with Gasteiger partial charge in [0.25, 0.3) is 0 Å². The predicted octanol–water partition coefficient (Wildman–Crippen LogP) is 0.920. The van der Waals surface area contributed by atoms with Crippen LogP contribution < -0.4 is 5.32 Å². The first-order valence-corrected chi connectivity index (χ1v) is 4.51. The fourth-order valence-corrected chi connectivity index (χ4v) is 0.819. The molecule has 1 atom stereocenters. The maximum atomic E-state index is 11.1. The highest BCUT2D eigenvalue weighted by Crippen LogP contribution is 1.98. The van der Waals surface area contributed by atoms with Crippen LogP contribution in [0.4, 0.5) is 0 Å². The summed E-state index contributed by atoms with van der Waals surface area (Å²) in [5.74, 6) is 0.404. The Hall–Kier alpha value is -0.570. The number of hydrogen-bond acceptors (Lipinski definition) is 2. The first-order valence-electron chi connectivity index (χ1n) is 4.51. The molecule has 0 aromatic heterocycles. The van der Waals surface area contributed by atoms with Gasteiger partial charge in [-0.2, -0.15) is 0 Å². The molecule has 3 heteroatoms. The van der Waals surface area contributed by atoms with E-state index in [1.165, 1.54) is 0 Å². The van der Waals surface area contributed by atoms with Crippen LogP contribution in [0.5, 0.6) is 0 Å². The van der Waals surface area contributed by atoms with Gasteiger partial charge in [0.15, 0.2) is 0 Å². The molecule has 0 aliphatic rings. The molecule has 0 saturated heterocycles. The van der Waals surface area contributed by atoms with Crippen molar-refractivity contribution in [3.63, 3.8) is 0 Å². The van der Waals surface area contributed by atoms with Crippen molar-refractivity contribution in [3.8, 4) is 0 Å². The molecule has 0 fully saturated rings. The van der Waals surface area contributed by atoms with Crippen LogP contribution in [0.3, 0.4) is 0 Å². The Bertz CT molecular complexity index is 134. The molecule has 12 heavy (non-hydrogen) atoms. The van der Waals surface area contributed by atoms with E-state index in [0.717, 1.165) is 0 Å². The van der Waals surface area contributed by atoms with Crippen LogP contribution in [0.1, 0.15) is 33.6 Å². The van der Waals surface area contributed by atoms with Crippen molar-refractivity contribution in [2.45, 2.75) is 39.7 Å². The van der Waals surface area contributed by atoms with Crippen molar-refractivity contribution in [2.75, 3.05) is 6.54 Å². The standard InChI is InChI=1S/C9H19NO2/c1-4-8(11)6-10-9(12)5-7(2)3/h7-8,11H,4-6H2,1-3H3,(H,10,12). The van der Waals surface area contributed by atoms with Crippen molar-refractivity contribution in [1.29, 1.82) is 0 Å². The third-order valence-corrected chi connectivity index (χ3v) is 1.60. The zero-order valence-corrected chi connectivity index (χ0v) is 8.13. The van der Waals surface area contributed by atoms with Crippen LogP contribution in [-0.2, 0) is 4.79 Å². The van der Waals surface area contributed by atoms with Gasteiger partial charge in [0, 0.05) is 13.0 Å². The van der Waals surface area contributed by atoms with E-state index in [-0.39, 0.29) is 5.91 Å². The Morgan fingerprint density at radius 3 is 2.50 bits per heavy atom. The second-order valence-electron chi connectivity index (χ2n) is 3.46. The lowest BCUT2D eigenvalue weighted by atomic mass is 10.1. The quantitative estimate of drug-likeness (QED) is 0.649. The third kappa shape index (κ3) is 6.16. The summed E-state index contributed by atoms with van der Waals surface area (Å²) in [7, 11) is 0. The molecule has 0 aliphatic heterocycles. The maximum absolute atomic E-state index is 11.1. The highest BCUT2D eigenvalue weighted by molar-refractivity contribution is 5.76. The first-order chi connectivity index (χ1) is 5.56. The molecule has 0 heterocycles. The second-order valence-corrected chi connectivity index (χ2v) is 3.46. The fraction of sp³-hybridized carbons (Fsp3) is 0.889. The van der Waals surface area contributed by atoms with Gasteiger partial charge in [-0.05, 0) is 12.3 Å². The van der Waals surface area contributed by atoms with Gasteiger partial charge in [-0.25, -0.2) is 0 Å². The normalized spacial score (nSPS) is 13.1. The van der Waals surface area contributed by atoms with E-state index < -0.39 is 6.10 Å². The molecule has 1 amide bonds. The molecule has 0 bridgehead atoms. The molecule has 0 radical (unpaired) electrons. The third-order valence-electron chi connectivity index (χ3n) is 1.60. The van der Waals surface area contributed by atoms with E-state index >= 15 is 0 Å². The Kier molecular flexibility index (Phi) is 5.72. The number of amides is 1. The molecule has 1 unspecified atom stereocenters. The molecule has 3 nitrogen and oxygen atoms in total. The number of hydrogen-bond donors (Lipinski definition) is 2. The Morgan fingerprint density at radius 1 is 1.50 bits per heavy atom. The minimum absolute atomic E-state index is 0.0255. The van der Waals surface area contributed by atoms with Crippen LogP contribution in [0.2, 0.25) is 0 Å². The van der Waals surface area contributed by atoms with Gasteiger partial charge in [0.1, 0.15) is 0 Å². The molecule has 0 rings (SSSR count). The van der Waals surface area contributed by atoms with Crippen molar-refractivity contribution in [3.05, 3.63) is 0 Å². The molecule has 0 aromatic carbocycles. The smallest absolute Gasteiger partial charge is 0.220 e. The van der Waals surface area contributed by atoms with Crippen molar-refractivity contribution >= 4 is 5.91 Å². The molecule has 0 aliphatic carbocycles. The molecular formula is C9H19NO2. The SMILES string of the molecule is CCC(O)CNC(=O)CC(C)C. The van der Waals surface area contributed by atoms with E-state index in [0.29, 0.717) is 25.3 Å². The zero-order valence-electron chi connectivity index (χ0n) is 8.13. The lowest BCUT2D eigenvalue weighted by Crippen LogP contribution is -2.32. The summed E-state index contributed by atoms with van der Waals surface area (Å²) < 4.78 is 0. The van der Waals surface area contributed by atoms with E-state index in [1.807, 2.05) is 20.8 Å². The number of aliphatic hydroxyl groups is 1. The summed E-state index contributed by atoms with van der Waals surface area (Å²) in [4.78, 5) is 11.1. The second kappa shape index (κ2) is 6.00. The number of carbonyl (C=O) groups excluding carboxylic acids is 1. The molecule has 0 aromatic rings. The summed E-state index contributed by atoms with van der Waals surface area (Å²) in [5, 5.41) is 11.8. The fourth-order valence-electron chi connectivity index (χ4n) is 0.819. The van der Waals surface area contributed by atoms with Crippen molar-refractivity contribution < 1.29 is 9.90 Å².